The minimum absolute atomic E-state index is 0.276. The van der Waals surface area contributed by atoms with E-state index in [-0.39, 0.29) is 5.82 Å². The minimum atomic E-state index is -0.276. The van der Waals surface area contributed by atoms with Gasteiger partial charge in [0.15, 0.2) is 0 Å². The largest absolute Gasteiger partial charge is 0.397 e. The maximum atomic E-state index is 13.4. The van der Waals surface area contributed by atoms with Crippen molar-refractivity contribution in [2.45, 2.75) is 32.6 Å². The predicted molar refractivity (Wildman–Crippen MR) is 73.6 cm³/mol. The van der Waals surface area contributed by atoms with Crippen LogP contribution in [0, 0.1) is 11.2 Å². The zero-order valence-corrected chi connectivity index (χ0v) is 11.6. The van der Waals surface area contributed by atoms with Gasteiger partial charge in [-0.3, -0.25) is 0 Å². The predicted octanol–water partition coefficient (Wildman–Crippen LogP) is 4.16. The molecule has 0 radical (unpaired) electrons. The molecule has 1 aromatic rings. The highest BCUT2D eigenvalue weighted by molar-refractivity contribution is 9.10. The van der Waals surface area contributed by atoms with Gasteiger partial charge in [-0.05, 0) is 46.7 Å². The van der Waals surface area contributed by atoms with E-state index in [0.717, 1.165) is 6.54 Å². The van der Waals surface area contributed by atoms with Gasteiger partial charge in [0.05, 0.1) is 15.8 Å². The maximum absolute atomic E-state index is 13.4. The molecule has 4 heteroatoms. The molecule has 1 aromatic carbocycles. The molecule has 2 rings (SSSR count). The second-order valence-corrected chi connectivity index (χ2v) is 5.81. The Bertz CT molecular complexity index is 416. The van der Waals surface area contributed by atoms with Gasteiger partial charge in [-0.15, -0.1) is 0 Å². The Morgan fingerprint density at radius 1 is 1.47 bits per heavy atom. The van der Waals surface area contributed by atoms with Crippen molar-refractivity contribution in [2.24, 2.45) is 5.41 Å². The lowest BCUT2D eigenvalue weighted by Crippen LogP contribution is -2.16. The summed E-state index contributed by atoms with van der Waals surface area (Å²) in [6.07, 6.45) is 4.98. The molecule has 0 saturated heterocycles. The van der Waals surface area contributed by atoms with Crippen LogP contribution < -0.4 is 11.1 Å². The van der Waals surface area contributed by atoms with Crippen LogP contribution >= 0.6 is 15.9 Å². The first-order valence-corrected chi connectivity index (χ1v) is 6.84. The van der Waals surface area contributed by atoms with Crippen LogP contribution in [0.25, 0.3) is 0 Å². The first kappa shape index (κ1) is 12.7. The average Bonchev–Trinajstić information content (AvgIpc) is 3.03. The summed E-state index contributed by atoms with van der Waals surface area (Å²) < 4.78 is 13.8. The lowest BCUT2D eigenvalue weighted by molar-refractivity contribution is 0.485. The van der Waals surface area contributed by atoms with E-state index in [4.69, 9.17) is 5.73 Å². The monoisotopic (exact) mass is 300 g/mol. The van der Waals surface area contributed by atoms with Gasteiger partial charge < -0.3 is 11.1 Å². The van der Waals surface area contributed by atoms with Gasteiger partial charge in [-0.1, -0.05) is 13.3 Å². The fraction of sp³-hybridized carbons (Fsp3) is 0.538. The van der Waals surface area contributed by atoms with E-state index in [9.17, 15) is 4.39 Å². The van der Waals surface area contributed by atoms with Gasteiger partial charge in [0.2, 0.25) is 0 Å². The van der Waals surface area contributed by atoms with E-state index in [0.29, 0.717) is 21.3 Å². The van der Waals surface area contributed by atoms with E-state index in [2.05, 4.69) is 28.2 Å². The van der Waals surface area contributed by atoms with Gasteiger partial charge in [-0.25, -0.2) is 4.39 Å². The molecule has 0 unspecified atom stereocenters. The highest BCUT2D eigenvalue weighted by atomic mass is 79.9. The van der Waals surface area contributed by atoms with Crippen LogP contribution in [-0.4, -0.2) is 6.54 Å². The van der Waals surface area contributed by atoms with E-state index in [1.54, 1.807) is 6.07 Å². The summed E-state index contributed by atoms with van der Waals surface area (Å²) in [6.45, 7) is 3.10. The van der Waals surface area contributed by atoms with Crippen molar-refractivity contribution < 1.29 is 4.39 Å². The Balaban J connectivity index is 2.02. The molecule has 0 aromatic heterocycles. The van der Waals surface area contributed by atoms with Crippen molar-refractivity contribution >= 4 is 27.3 Å². The average molecular weight is 301 g/mol. The summed E-state index contributed by atoms with van der Waals surface area (Å²) in [5, 5.41) is 3.28. The quantitative estimate of drug-likeness (QED) is 0.801. The lowest BCUT2D eigenvalue weighted by atomic mass is 10.0. The number of nitrogens with two attached hydrogens (primary N) is 1. The normalized spacial score (nSPS) is 16.9. The molecule has 0 bridgehead atoms. The van der Waals surface area contributed by atoms with Gasteiger partial charge in [0.25, 0.3) is 0 Å². The molecule has 0 atom stereocenters. The number of hydrogen-bond acceptors (Lipinski definition) is 2. The molecular formula is C13H18BrFN2. The van der Waals surface area contributed by atoms with Crippen LogP contribution in [0.2, 0.25) is 0 Å². The van der Waals surface area contributed by atoms with Crippen LogP contribution in [0.15, 0.2) is 16.6 Å². The molecule has 0 aliphatic heterocycles. The highest BCUT2D eigenvalue weighted by Gasteiger charge is 2.41. The summed E-state index contributed by atoms with van der Waals surface area (Å²) in [5.74, 6) is -0.276. The number of anilines is 2. The molecule has 94 valence electrons. The van der Waals surface area contributed by atoms with E-state index >= 15 is 0 Å². The van der Waals surface area contributed by atoms with Gasteiger partial charge in [0.1, 0.15) is 5.82 Å². The zero-order chi connectivity index (χ0) is 12.5. The SMILES string of the molecule is CCCC1(CNc2cc(F)c(Br)cc2N)CC1. The first-order chi connectivity index (χ1) is 8.06. The lowest BCUT2D eigenvalue weighted by Gasteiger charge is -2.17. The van der Waals surface area contributed by atoms with Crippen molar-refractivity contribution in [3.05, 3.63) is 22.4 Å². The number of nitrogen functional groups attached to an aromatic ring is 1. The molecule has 2 nitrogen and oxygen atoms in total. The Kier molecular flexibility index (Phi) is 3.61. The van der Waals surface area contributed by atoms with Crippen molar-refractivity contribution in [3.63, 3.8) is 0 Å². The van der Waals surface area contributed by atoms with Crippen molar-refractivity contribution in [1.29, 1.82) is 0 Å². The second kappa shape index (κ2) is 4.84. The minimum Gasteiger partial charge on any atom is -0.397 e. The third-order valence-electron chi connectivity index (χ3n) is 3.48. The third-order valence-corrected chi connectivity index (χ3v) is 4.09. The smallest absolute Gasteiger partial charge is 0.139 e. The molecule has 17 heavy (non-hydrogen) atoms. The Hall–Kier alpha value is -0.770. The van der Waals surface area contributed by atoms with Crippen LogP contribution in [0.1, 0.15) is 32.6 Å². The topological polar surface area (TPSA) is 38.0 Å². The molecule has 1 saturated carbocycles. The number of benzene rings is 1. The molecule has 1 aliphatic carbocycles. The summed E-state index contributed by atoms with van der Waals surface area (Å²) >= 11 is 3.13. The van der Waals surface area contributed by atoms with Crippen molar-refractivity contribution in [1.82, 2.24) is 0 Å². The molecular weight excluding hydrogens is 283 g/mol. The maximum Gasteiger partial charge on any atom is 0.139 e. The van der Waals surface area contributed by atoms with Gasteiger partial charge in [-0.2, -0.15) is 0 Å². The fourth-order valence-electron chi connectivity index (χ4n) is 2.22. The van der Waals surface area contributed by atoms with Crippen molar-refractivity contribution in [2.75, 3.05) is 17.6 Å². The number of hydrogen-bond donors (Lipinski definition) is 2. The van der Waals surface area contributed by atoms with Crippen LogP contribution in [0.5, 0.6) is 0 Å². The van der Waals surface area contributed by atoms with Gasteiger partial charge in [0, 0.05) is 12.6 Å². The van der Waals surface area contributed by atoms with Crippen LogP contribution in [-0.2, 0) is 0 Å². The summed E-state index contributed by atoms with van der Waals surface area (Å²) in [4.78, 5) is 0. The van der Waals surface area contributed by atoms with Crippen LogP contribution in [0.4, 0.5) is 15.8 Å². The number of rotatable bonds is 5. The zero-order valence-electron chi connectivity index (χ0n) is 10.0. The molecule has 1 fully saturated rings. The Labute approximate surface area is 110 Å². The standard InChI is InChI=1S/C13H18BrFN2/c1-2-3-13(4-5-13)8-17-12-7-10(15)9(14)6-11(12)16/h6-7,17H,2-5,8,16H2,1H3. The summed E-state index contributed by atoms with van der Waals surface area (Å²) in [6, 6.07) is 3.07. The van der Waals surface area contributed by atoms with Crippen molar-refractivity contribution in [3.8, 4) is 0 Å². The van der Waals surface area contributed by atoms with Gasteiger partial charge >= 0.3 is 0 Å². The Morgan fingerprint density at radius 2 is 2.18 bits per heavy atom. The molecule has 0 amide bonds. The van der Waals surface area contributed by atoms with E-state index < -0.39 is 0 Å². The van der Waals surface area contributed by atoms with E-state index in [1.807, 2.05) is 0 Å². The molecule has 3 N–H and O–H groups in total. The highest BCUT2D eigenvalue weighted by Crippen LogP contribution is 2.49. The molecule has 1 aliphatic rings. The fourth-order valence-corrected chi connectivity index (χ4v) is 2.58. The second-order valence-electron chi connectivity index (χ2n) is 4.96. The third kappa shape index (κ3) is 2.92. The van der Waals surface area contributed by atoms with E-state index in [1.165, 1.54) is 31.7 Å². The molecule has 0 spiro atoms. The summed E-state index contributed by atoms with van der Waals surface area (Å²) in [7, 11) is 0. The molecule has 0 heterocycles. The first-order valence-electron chi connectivity index (χ1n) is 6.05. The number of halogens is 2. The summed E-state index contributed by atoms with van der Waals surface area (Å²) in [5.41, 5.74) is 7.58. The Morgan fingerprint density at radius 3 is 2.76 bits per heavy atom. The number of nitrogens with one attached hydrogen (secondary N) is 1. The van der Waals surface area contributed by atoms with Crippen LogP contribution in [0.3, 0.4) is 0 Å².